The van der Waals surface area contributed by atoms with E-state index in [9.17, 15) is 0 Å². The van der Waals surface area contributed by atoms with Crippen molar-refractivity contribution >= 4 is 11.3 Å². The zero-order valence-electron chi connectivity index (χ0n) is 8.25. The molecule has 13 heavy (non-hydrogen) atoms. The van der Waals surface area contributed by atoms with Crippen LogP contribution < -0.4 is 5.32 Å². The highest BCUT2D eigenvalue weighted by Gasteiger charge is 2.03. The lowest BCUT2D eigenvalue weighted by Crippen LogP contribution is -2.20. The molecule has 1 rings (SSSR count). The molecule has 0 spiro atoms. The summed E-state index contributed by atoms with van der Waals surface area (Å²) < 4.78 is 4.98. The minimum atomic E-state index is 0.461. The average molecular weight is 199 g/mol. The van der Waals surface area contributed by atoms with Crippen molar-refractivity contribution in [3.8, 4) is 0 Å². The summed E-state index contributed by atoms with van der Waals surface area (Å²) in [5, 5.41) is 7.75. The highest BCUT2D eigenvalue weighted by molar-refractivity contribution is 7.07. The molecule has 0 bridgehead atoms. The van der Waals surface area contributed by atoms with Gasteiger partial charge in [-0.25, -0.2) is 0 Å². The van der Waals surface area contributed by atoms with Gasteiger partial charge >= 0.3 is 0 Å². The van der Waals surface area contributed by atoms with Crippen LogP contribution in [0.4, 0.5) is 0 Å². The van der Waals surface area contributed by atoms with Crippen LogP contribution in [-0.4, -0.2) is 20.3 Å². The summed E-state index contributed by atoms with van der Waals surface area (Å²) in [6.07, 6.45) is 1.07. The molecular weight excluding hydrogens is 182 g/mol. The summed E-state index contributed by atoms with van der Waals surface area (Å²) in [5.74, 6) is 0. The summed E-state index contributed by atoms with van der Waals surface area (Å²) in [4.78, 5) is 0. The molecule has 0 aliphatic carbocycles. The van der Waals surface area contributed by atoms with E-state index in [0.29, 0.717) is 6.04 Å². The van der Waals surface area contributed by atoms with Crippen molar-refractivity contribution < 1.29 is 4.74 Å². The molecule has 1 aromatic heterocycles. The van der Waals surface area contributed by atoms with Gasteiger partial charge in [0.25, 0.3) is 0 Å². The second-order valence-electron chi connectivity index (χ2n) is 3.08. The Bertz CT molecular complexity index is 211. The van der Waals surface area contributed by atoms with Gasteiger partial charge in [0.2, 0.25) is 0 Å². The van der Waals surface area contributed by atoms with Crippen LogP contribution in [0.2, 0.25) is 0 Å². The molecule has 0 radical (unpaired) electrons. The van der Waals surface area contributed by atoms with Crippen LogP contribution in [0, 0.1) is 0 Å². The SMILES string of the molecule is COCCCNC(C)c1ccsc1. The molecule has 0 saturated carbocycles. The molecule has 0 aliphatic rings. The van der Waals surface area contributed by atoms with Gasteiger partial charge in [0.1, 0.15) is 0 Å². The van der Waals surface area contributed by atoms with Gasteiger partial charge in [-0.3, -0.25) is 0 Å². The van der Waals surface area contributed by atoms with E-state index in [4.69, 9.17) is 4.74 Å². The predicted molar refractivity (Wildman–Crippen MR) is 57.2 cm³/mol. The van der Waals surface area contributed by atoms with Crippen LogP contribution in [0.15, 0.2) is 16.8 Å². The average Bonchev–Trinajstić information content (AvgIpc) is 2.65. The Hall–Kier alpha value is -0.380. The third kappa shape index (κ3) is 3.89. The van der Waals surface area contributed by atoms with Crippen LogP contribution in [0.25, 0.3) is 0 Å². The third-order valence-electron chi connectivity index (χ3n) is 2.02. The first-order valence-electron chi connectivity index (χ1n) is 4.59. The van der Waals surface area contributed by atoms with E-state index in [2.05, 4.69) is 29.1 Å². The van der Waals surface area contributed by atoms with E-state index >= 15 is 0 Å². The number of hydrogen-bond acceptors (Lipinski definition) is 3. The van der Waals surface area contributed by atoms with Crippen molar-refractivity contribution in [3.63, 3.8) is 0 Å². The minimum Gasteiger partial charge on any atom is -0.385 e. The zero-order chi connectivity index (χ0) is 9.52. The van der Waals surface area contributed by atoms with Gasteiger partial charge < -0.3 is 10.1 Å². The van der Waals surface area contributed by atoms with Crippen molar-refractivity contribution in [1.29, 1.82) is 0 Å². The van der Waals surface area contributed by atoms with Crippen molar-refractivity contribution in [2.45, 2.75) is 19.4 Å². The molecule has 2 nitrogen and oxygen atoms in total. The molecule has 1 unspecified atom stereocenters. The fraction of sp³-hybridized carbons (Fsp3) is 0.600. The Morgan fingerprint density at radius 3 is 3.08 bits per heavy atom. The van der Waals surface area contributed by atoms with Crippen LogP contribution in [0.3, 0.4) is 0 Å². The van der Waals surface area contributed by atoms with Gasteiger partial charge in [-0.1, -0.05) is 0 Å². The Balaban J connectivity index is 2.15. The van der Waals surface area contributed by atoms with E-state index in [1.54, 1.807) is 18.4 Å². The quantitative estimate of drug-likeness (QED) is 0.710. The number of methoxy groups -OCH3 is 1. The second-order valence-corrected chi connectivity index (χ2v) is 3.86. The summed E-state index contributed by atoms with van der Waals surface area (Å²) in [6, 6.07) is 2.63. The van der Waals surface area contributed by atoms with Crippen LogP contribution in [0.5, 0.6) is 0 Å². The van der Waals surface area contributed by atoms with Gasteiger partial charge in [0, 0.05) is 19.8 Å². The fourth-order valence-corrected chi connectivity index (χ4v) is 1.93. The maximum absolute atomic E-state index is 4.98. The Morgan fingerprint density at radius 2 is 2.46 bits per heavy atom. The molecule has 0 saturated heterocycles. The van der Waals surface area contributed by atoms with Gasteiger partial charge in [-0.15, -0.1) is 0 Å². The van der Waals surface area contributed by atoms with Gasteiger partial charge in [0.15, 0.2) is 0 Å². The molecule has 0 amide bonds. The monoisotopic (exact) mass is 199 g/mol. The number of rotatable bonds is 6. The Morgan fingerprint density at radius 1 is 1.62 bits per heavy atom. The first-order valence-corrected chi connectivity index (χ1v) is 5.53. The largest absolute Gasteiger partial charge is 0.385 e. The summed E-state index contributed by atoms with van der Waals surface area (Å²) in [7, 11) is 1.74. The number of hydrogen-bond donors (Lipinski definition) is 1. The fourth-order valence-electron chi connectivity index (χ4n) is 1.17. The standard InChI is InChI=1S/C10H17NOS/c1-9(10-4-7-13-8-10)11-5-3-6-12-2/h4,7-9,11H,3,5-6H2,1-2H3. The molecule has 0 aromatic carbocycles. The van der Waals surface area contributed by atoms with Crippen molar-refractivity contribution in [2.24, 2.45) is 0 Å². The number of nitrogens with one attached hydrogen (secondary N) is 1. The van der Waals surface area contributed by atoms with E-state index in [-0.39, 0.29) is 0 Å². The van der Waals surface area contributed by atoms with E-state index in [0.717, 1.165) is 19.6 Å². The third-order valence-corrected chi connectivity index (χ3v) is 2.72. The zero-order valence-corrected chi connectivity index (χ0v) is 9.06. The van der Waals surface area contributed by atoms with E-state index in [1.807, 2.05) is 0 Å². The normalized spacial score (nSPS) is 13.1. The van der Waals surface area contributed by atoms with Gasteiger partial charge in [-0.05, 0) is 42.3 Å². The first-order chi connectivity index (χ1) is 6.34. The van der Waals surface area contributed by atoms with Crippen molar-refractivity contribution in [2.75, 3.05) is 20.3 Å². The highest BCUT2D eigenvalue weighted by Crippen LogP contribution is 2.14. The van der Waals surface area contributed by atoms with Crippen molar-refractivity contribution in [1.82, 2.24) is 5.32 Å². The van der Waals surface area contributed by atoms with Crippen LogP contribution >= 0.6 is 11.3 Å². The minimum absolute atomic E-state index is 0.461. The molecule has 0 fully saturated rings. The number of thiophene rings is 1. The molecule has 1 N–H and O–H groups in total. The lowest BCUT2D eigenvalue weighted by Gasteiger charge is -2.11. The molecule has 74 valence electrons. The first kappa shape index (κ1) is 10.7. The van der Waals surface area contributed by atoms with Gasteiger partial charge in [0.05, 0.1) is 0 Å². The Labute approximate surface area is 83.9 Å². The van der Waals surface area contributed by atoms with Crippen molar-refractivity contribution in [3.05, 3.63) is 22.4 Å². The molecule has 3 heteroatoms. The molecule has 1 atom stereocenters. The smallest absolute Gasteiger partial charge is 0.0474 e. The van der Waals surface area contributed by atoms with Crippen LogP contribution in [-0.2, 0) is 4.74 Å². The summed E-state index contributed by atoms with van der Waals surface area (Å²) in [6.45, 7) is 4.04. The lowest BCUT2D eigenvalue weighted by molar-refractivity contribution is 0.193. The maximum atomic E-state index is 4.98. The van der Waals surface area contributed by atoms with Crippen LogP contribution in [0.1, 0.15) is 24.9 Å². The number of ether oxygens (including phenoxy) is 1. The van der Waals surface area contributed by atoms with E-state index in [1.165, 1.54) is 5.56 Å². The lowest BCUT2D eigenvalue weighted by atomic mass is 10.2. The molecule has 0 aliphatic heterocycles. The Kier molecular flexibility index (Phi) is 5.05. The molecule has 1 heterocycles. The highest BCUT2D eigenvalue weighted by atomic mass is 32.1. The summed E-state index contributed by atoms with van der Waals surface area (Å²) >= 11 is 1.75. The maximum Gasteiger partial charge on any atom is 0.0474 e. The predicted octanol–water partition coefficient (Wildman–Crippen LogP) is 2.44. The summed E-state index contributed by atoms with van der Waals surface area (Å²) in [5.41, 5.74) is 1.38. The molecule has 1 aromatic rings. The van der Waals surface area contributed by atoms with Gasteiger partial charge in [-0.2, -0.15) is 11.3 Å². The molecular formula is C10H17NOS. The topological polar surface area (TPSA) is 21.3 Å². The van der Waals surface area contributed by atoms with E-state index < -0.39 is 0 Å². The second kappa shape index (κ2) is 6.13.